The minimum atomic E-state index is -0.119. The summed E-state index contributed by atoms with van der Waals surface area (Å²) in [5.41, 5.74) is 2.11. The van der Waals surface area contributed by atoms with E-state index in [0.29, 0.717) is 11.4 Å². The van der Waals surface area contributed by atoms with Crippen LogP contribution in [0, 0.1) is 6.92 Å². The highest BCUT2D eigenvalue weighted by atomic mass is 16.5. The van der Waals surface area contributed by atoms with Crippen LogP contribution in [0.2, 0.25) is 0 Å². The van der Waals surface area contributed by atoms with Gasteiger partial charge < -0.3 is 14.7 Å². The molecule has 6 nitrogen and oxygen atoms in total. The van der Waals surface area contributed by atoms with Gasteiger partial charge in [0.05, 0.1) is 5.56 Å². The Morgan fingerprint density at radius 3 is 2.70 bits per heavy atom. The molecule has 20 heavy (non-hydrogen) atoms. The first-order valence-electron chi connectivity index (χ1n) is 5.92. The maximum atomic E-state index is 9.78. The molecule has 0 saturated heterocycles. The highest BCUT2D eigenvalue weighted by molar-refractivity contribution is 5.66. The fourth-order valence-electron chi connectivity index (χ4n) is 1.87. The molecule has 0 aliphatic carbocycles. The fraction of sp³-hybridized carbons (Fsp3) is 0.0714. The van der Waals surface area contributed by atoms with Gasteiger partial charge in [-0.15, -0.1) is 0 Å². The van der Waals surface area contributed by atoms with E-state index in [9.17, 15) is 10.2 Å². The van der Waals surface area contributed by atoms with Crippen LogP contribution < -0.4 is 0 Å². The Kier molecular flexibility index (Phi) is 2.83. The second kappa shape index (κ2) is 4.65. The second-order valence-corrected chi connectivity index (χ2v) is 4.32. The molecule has 0 amide bonds. The number of hydrogen-bond donors (Lipinski definition) is 2. The molecule has 100 valence electrons. The number of benzene rings is 1. The summed E-state index contributed by atoms with van der Waals surface area (Å²) in [6.45, 7) is 1.90. The van der Waals surface area contributed by atoms with Gasteiger partial charge in [-0.25, -0.2) is 0 Å². The lowest BCUT2D eigenvalue weighted by molar-refractivity contribution is 0.423. The summed E-state index contributed by atoms with van der Waals surface area (Å²) < 4.78 is 5.16. The molecule has 0 fully saturated rings. The van der Waals surface area contributed by atoms with Crippen LogP contribution >= 0.6 is 0 Å². The zero-order valence-electron chi connectivity index (χ0n) is 10.6. The molecular formula is C14H11N3O3. The normalized spacial score (nSPS) is 10.7. The van der Waals surface area contributed by atoms with Gasteiger partial charge in [0, 0.05) is 24.0 Å². The molecule has 0 atom stereocenters. The molecule has 2 heterocycles. The average Bonchev–Trinajstić information content (AvgIpc) is 2.88. The van der Waals surface area contributed by atoms with Crippen molar-refractivity contribution in [2.24, 2.45) is 0 Å². The highest BCUT2D eigenvalue weighted by Crippen LogP contribution is 2.32. The summed E-state index contributed by atoms with van der Waals surface area (Å²) in [5, 5.41) is 23.0. The number of nitrogens with zero attached hydrogens (tertiary/aromatic N) is 3. The predicted octanol–water partition coefficient (Wildman–Crippen LogP) is 2.52. The summed E-state index contributed by atoms with van der Waals surface area (Å²) in [6.07, 6.45) is 3.36. The maximum absolute atomic E-state index is 9.78. The largest absolute Gasteiger partial charge is 0.508 e. The number of phenols is 2. The van der Waals surface area contributed by atoms with E-state index in [1.807, 2.05) is 6.92 Å². The van der Waals surface area contributed by atoms with Gasteiger partial charge in [0.25, 0.3) is 5.89 Å². The number of aromatic hydroxyl groups is 2. The van der Waals surface area contributed by atoms with Crippen molar-refractivity contribution in [3.05, 3.63) is 42.2 Å². The molecule has 0 aliphatic heterocycles. The van der Waals surface area contributed by atoms with Crippen molar-refractivity contribution in [1.82, 2.24) is 15.1 Å². The first-order chi connectivity index (χ1) is 9.65. The van der Waals surface area contributed by atoms with Crippen LogP contribution in [0.15, 0.2) is 41.2 Å². The van der Waals surface area contributed by atoms with Gasteiger partial charge in [-0.3, -0.25) is 4.98 Å². The molecule has 0 radical (unpaired) electrons. The Labute approximate surface area is 114 Å². The number of rotatable bonds is 2. The van der Waals surface area contributed by atoms with E-state index in [0.717, 1.165) is 11.1 Å². The zero-order valence-corrected chi connectivity index (χ0v) is 10.6. The van der Waals surface area contributed by atoms with E-state index >= 15 is 0 Å². The monoisotopic (exact) mass is 269 g/mol. The molecule has 3 aromatic rings. The van der Waals surface area contributed by atoms with Gasteiger partial charge in [0.2, 0.25) is 5.82 Å². The van der Waals surface area contributed by atoms with E-state index in [2.05, 4.69) is 15.1 Å². The average molecular weight is 269 g/mol. The van der Waals surface area contributed by atoms with Crippen molar-refractivity contribution >= 4 is 0 Å². The van der Waals surface area contributed by atoms with Gasteiger partial charge in [-0.05, 0) is 30.7 Å². The molecule has 1 aromatic carbocycles. The van der Waals surface area contributed by atoms with Gasteiger partial charge >= 0.3 is 0 Å². The smallest absolute Gasteiger partial charge is 0.262 e. The lowest BCUT2D eigenvalue weighted by atomic mass is 10.1. The van der Waals surface area contributed by atoms with Crippen LogP contribution in [0.1, 0.15) is 5.56 Å². The van der Waals surface area contributed by atoms with Crippen molar-refractivity contribution in [1.29, 1.82) is 0 Å². The quantitative estimate of drug-likeness (QED) is 0.742. The molecule has 0 unspecified atom stereocenters. The number of aryl methyl sites for hydroxylation is 1. The van der Waals surface area contributed by atoms with Crippen LogP contribution in [-0.4, -0.2) is 25.3 Å². The molecule has 6 heteroatoms. The molecule has 0 aliphatic rings. The molecule has 3 rings (SSSR count). The summed E-state index contributed by atoms with van der Waals surface area (Å²) in [7, 11) is 0. The van der Waals surface area contributed by atoms with Crippen molar-refractivity contribution in [3.8, 4) is 34.3 Å². The predicted molar refractivity (Wildman–Crippen MR) is 71.0 cm³/mol. The molecule has 2 aromatic heterocycles. The third kappa shape index (κ3) is 2.07. The Morgan fingerprint density at radius 2 is 1.95 bits per heavy atom. The summed E-state index contributed by atoms with van der Waals surface area (Å²) in [6, 6.07) is 5.97. The lowest BCUT2D eigenvalue weighted by Gasteiger charge is -1.99. The third-order valence-electron chi connectivity index (χ3n) is 2.90. The topological polar surface area (TPSA) is 92.3 Å². The molecule has 2 N–H and O–H groups in total. The first kappa shape index (κ1) is 12.2. The molecular weight excluding hydrogens is 258 g/mol. The minimum absolute atomic E-state index is 0.0315. The van der Waals surface area contributed by atoms with Crippen LogP contribution in [-0.2, 0) is 0 Å². The second-order valence-electron chi connectivity index (χ2n) is 4.32. The van der Waals surface area contributed by atoms with E-state index in [-0.39, 0.29) is 17.4 Å². The van der Waals surface area contributed by atoms with Crippen molar-refractivity contribution in [2.75, 3.05) is 0 Å². The third-order valence-corrected chi connectivity index (χ3v) is 2.90. The number of aromatic nitrogens is 3. The Balaban J connectivity index is 2.04. The van der Waals surface area contributed by atoms with Crippen LogP contribution in [0.25, 0.3) is 22.8 Å². The Hall–Kier alpha value is -2.89. The summed E-state index contributed by atoms with van der Waals surface area (Å²) in [5.74, 6) is 0.462. The number of pyridine rings is 1. The Bertz CT molecular complexity index is 768. The zero-order chi connectivity index (χ0) is 14.1. The fourth-order valence-corrected chi connectivity index (χ4v) is 1.87. The van der Waals surface area contributed by atoms with Gasteiger partial charge in [-0.1, -0.05) is 5.16 Å². The van der Waals surface area contributed by atoms with E-state index in [4.69, 9.17) is 4.52 Å². The SMILES string of the molecule is Cc1cnccc1-c1noc(-c2ccc(O)cc2O)n1. The maximum Gasteiger partial charge on any atom is 0.262 e. The van der Waals surface area contributed by atoms with Crippen molar-refractivity contribution in [2.45, 2.75) is 6.92 Å². The van der Waals surface area contributed by atoms with E-state index in [1.54, 1.807) is 18.5 Å². The van der Waals surface area contributed by atoms with Crippen LogP contribution in [0.3, 0.4) is 0 Å². The number of phenolic OH excluding ortho intramolecular Hbond substituents is 2. The van der Waals surface area contributed by atoms with E-state index < -0.39 is 0 Å². The molecule has 0 bridgehead atoms. The lowest BCUT2D eigenvalue weighted by Crippen LogP contribution is -1.86. The van der Waals surface area contributed by atoms with Crippen LogP contribution in [0.4, 0.5) is 0 Å². The highest BCUT2D eigenvalue weighted by Gasteiger charge is 2.15. The standard InChI is InChI=1S/C14H11N3O3/c1-8-7-15-5-4-10(8)13-16-14(20-17-13)11-3-2-9(18)6-12(11)19/h2-7,18-19H,1H3. The van der Waals surface area contributed by atoms with Gasteiger partial charge in [0.15, 0.2) is 0 Å². The molecule has 0 spiro atoms. The molecule has 0 saturated carbocycles. The first-order valence-corrected chi connectivity index (χ1v) is 5.92. The Morgan fingerprint density at radius 1 is 1.10 bits per heavy atom. The van der Waals surface area contributed by atoms with Gasteiger partial charge in [-0.2, -0.15) is 4.98 Å². The summed E-state index contributed by atoms with van der Waals surface area (Å²) >= 11 is 0. The van der Waals surface area contributed by atoms with E-state index in [1.165, 1.54) is 18.2 Å². The van der Waals surface area contributed by atoms with Gasteiger partial charge in [0.1, 0.15) is 11.5 Å². The summed E-state index contributed by atoms with van der Waals surface area (Å²) in [4.78, 5) is 8.26. The van der Waals surface area contributed by atoms with Crippen molar-refractivity contribution in [3.63, 3.8) is 0 Å². The minimum Gasteiger partial charge on any atom is -0.508 e. The van der Waals surface area contributed by atoms with Crippen LogP contribution in [0.5, 0.6) is 11.5 Å². The number of hydrogen-bond acceptors (Lipinski definition) is 6. The van der Waals surface area contributed by atoms with Crippen molar-refractivity contribution < 1.29 is 14.7 Å².